The topological polar surface area (TPSA) is 78.4 Å². The predicted octanol–water partition coefficient (Wildman–Crippen LogP) is 4.82. The summed E-state index contributed by atoms with van der Waals surface area (Å²) < 4.78 is 6.63. The van der Waals surface area contributed by atoms with Crippen LogP contribution < -0.4 is 10.5 Å². The van der Waals surface area contributed by atoms with Gasteiger partial charge in [0.05, 0.1) is 4.92 Å². The average Bonchev–Trinajstić information content (AvgIpc) is 2.40. The summed E-state index contributed by atoms with van der Waals surface area (Å²) in [5.41, 5.74) is 6.57. The standard InChI is InChI=1S/C14H12BrClN2O3/c1-8(17)11-6-9(15)2-5-14(11)21-10-3-4-13(18(19)20)12(16)7-10/h2-8H,17H2,1H3. The van der Waals surface area contributed by atoms with Crippen molar-refractivity contribution in [2.45, 2.75) is 13.0 Å². The molecule has 2 rings (SSSR count). The van der Waals surface area contributed by atoms with Crippen molar-refractivity contribution < 1.29 is 9.66 Å². The molecule has 0 amide bonds. The van der Waals surface area contributed by atoms with Crippen LogP contribution in [-0.4, -0.2) is 4.92 Å². The van der Waals surface area contributed by atoms with E-state index in [1.807, 2.05) is 19.1 Å². The third-order valence-electron chi connectivity index (χ3n) is 2.81. The highest BCUT2D eigenvalue weighted by Crippen LogP contribution is 2.34. The van der Waals surface area contributed by atoms with Gasteiger partial charge in [0.15, 0.2) is 0 Å². The second kappa shape index (κ2) is 6.43. The molecule has 2 aromatic rings. The Kier molecular flexibility index (Phi) is 4.82. The van der Waals surface area contributed by atoms with Crippen molar-refractivity contribution in [3.8, 4) is 11.5 Å². The Balaban J connectivity index is 2.34. The van der Waals surface area contributed by atoms with Crippen LogP contribution >= 0.6 is 27.5 Å². The lowest BCUT2D eigenvalue weighted by molar-refractivity contribution is -0.384. The summed E-state index contributed by atoms with van der Waals surface area (Å²) in [4.78, 5) is 10.2. The molecular formula is C14H12BrClN2O3. The maximum absolute atomic E-state index is 10.7. The summed E-state index contributed by atoms with van der Waals surface area (Å²) in [5, 5.41) is 10.8. The zero-order chi connectivity index (χ0) is 15.6. The van der Waals surface area contributed by atoms with E-state index in [2.05, 4.69) is 15.9 Å². The molecule has 0 aliphatic heterocycles. The van der Waals surface area contributed by atoms with Crippen molar-refractivity contribution in [3.05, 3.63) is 61.6 Å². The molecule has 0 heterocycles. The van der Waals surface area contributed by atoms with Gasteiger partial charge in [-0.2, -0.15) is 0 Å². The Morgan fingerprint density at radius 3 is 2.62 bits per heavy atom. The van der Waals surface area contributed by atoms with Crippen LogP contribution in [0, 0.1) is 10.1 Å². The first-order chi connectivity index (χ1) is 9.88. The molecule has 0 bridgehead atoms. The van der Waals surface area contributed by atoms with E-state index in [0.717, 1.165) is 10.0 Å². The molecule has 2 N–H and O–H groups in total. The van der Waals surface area contributed by atoms with Gasteiger partial charge in [-0.1, -0.05) is 27.5 Å². The first-order valence-electron chi connectivity index (χ1n) is 6.05. The van der Waals surface area contributed by atoms with Crippen LogP contribution in [0.3, 0.4) is 0 Å². The zero-order valence-corrected chi connectivity index (χ0v) is 13.4. The van der Waals surface area contributed by atoms with Gasteiger partial charge >= 0.3 is 0 Å². The zero-order valence-electron chi connectivity index (χ0n) is 11.0. The molecular weight excluding hydrogens is 360 g/mol. The number of nitrogens with zero attached hydrogens (tertiary/aromatic N) is 1. The van der Waals surface area contributed by atoms with E-state index in [-0.39, 0.29) is 16.8 Å². The number of hydrogen-bond donors (Lipinski definition) is 1. The molecule has 0 spiro atoms. The monoisotopic (exact) mass is 370 g/mol. The van der Waals surface area contributed by atoms with Crippen molar-refractivity contribution >= 4 is 33.2 Å². The van der Waals surface area contributed by atoms with Crippen LogP contribution in [-0.2, 0) is 0 Å². The molecule has 1 unspecified atom stereocenters. The molecule has 7 heteroatoms. The Labute approximate surface area is 134 Å². The van der Waals surface area contributed by atoms with Crippen LogP contribution in [0.1, 0.15) is 18.5 Å². The molecule has 5 nitrogen and oxygen atoms in total. The maximum atomic E-state index is 10.7. The van der Waals surface area contributed by atoms with Gasteiger partial charge < -0.3 is 10.5 Å². The first kappa shape index (κ1) is 15.8. The van der Waals surface area contributed by atoms with E-state index >= 15 is 0 Å². The number of hydrogen-bond acceptors (Lipinski definition) is 4. The Morgan fingerprint density at radius 1 is 1.33 bits per heavy atom. The molecule has 1 atom stereocenters. The van der Waals surface area contributed by atoms with Crippen molar-refractivity contribution in [1.29, 1.82) is 0 Å². The van der Waals surface area contributed by atoms with Gasteiger partial charge in [-0.25, -0.2) is 0 Å². The molecule has 0 aromatic heterocycles. The number of benzene rings is 2. The summed E-state index contributed by atoms with van der Waals surface area (Å²) in [5.74, 6) is 0.993. The quantitative estimate of drug-likeness (QED) is 0.617. The summed E-state index contributed by atoms with van der Waals surface area (Å²) in [6.45, 7) is 1.84. The number of halogens is 2. The molecule has 0 saturated heterocycles. The second-order valence-corrected chi connectivity index (χ2v) is 5.77. The van der Waals surface area contributed by atoms with E-state index in [4.69, 9.17) is 22.1 Å². The van der Waals surface area contributed by atoms with Crippen molar-refractivity contribution in [3.63, 3.8) is 0 Å². The minimum absolute atomic E-state index is 0.0250. The fourth-order valence-electron chi connectivity index (χ4n) is 1.79. The number of nitro groups is 1. The number of nitrogens with two attached hydrogens (primary N) is 1. The molecule has 0 saturated carbocycles. The minimum atomic E-state index is -0.543. The highest BCUT2D eigenvalue weighted by molar-refractivity contribution is 9.10. The van der Waals surface area contributed by atoms with Gasteiger partial charge in [0.25, 0.3) is 5.69 Å². The molecule has 0 fully saturated rings. The van der Waals surface area contributed by atoms with Crippen LogP contribution in [0.25, 0.3) is 0 Å². The van der Waals surface area contributed by atoms with Crippen LogP contribution in [0.5, 0.6) is 11.5 Å². The average molecular weight is 372 g/mol. The Morgan fingerprint density at radius 2 is 2.05 bits per heavy atom. The number of nitro benzene ring substituents is 1. The van der Waals surface area contributed by atoms with Gasteiger partial charge in [-0.3, -0.25) is 10.1 Å². The SMILES string of the molecule is CC(N)c1cc(Br)ccc1Oc1ccc([N+](=O)[O-])c(Cl)c1. The smallest absolute Gasteiger partial charge is 0.288 e. The van der Waals surface area contributed by atoms with Crippen LogP contribution in [0.2, 0.25) is 5.02 Å². The van der Waals surface area contributed by atoms with Crippen molar-refractivity contribution in [1.82, 2.24) is 0 Å². The highest BCUT2D eigenvalue weighted by Gasteiger charge is 2.14. The molecule has 21 heavy (non-hydrogen) atoms. The summed E-state index contributed by atoms with van der Waals surface area (Å²) in [6, 6.07) is 9.47. The van der Waals surface area contributed by atoms with Gasteiger partial charge in [0, 0.05) is 28.2 Å². The van der Waals surface area contributed by atoms with E-state index < -0.39 is 4.92 Å². The van der Waals surface area contributed by atoms with Gasteiger partial charge in [0.2, 0.25) is 0 Å². The van der Waals surface area contributed by atoms with Crippen molar-refractivity contribution in [2.75, 3.05) is 0 Å². The van der Waals surface area contributed by atoms with E-state index in [1.54, 1.807) is 6.07 Å². The normalized spacial score (nSPS) is 12.0. The molecule has 0 aliphatic carbocycles. The van der Waals surface area contributed by atoms with Crippen LogP contribution in [0.15, 0.2) is 40.9 Å². The maximum Gasteiger partial charge on any atom is 0.288 e. The molecule has 0 radical (unpaired) electrons. The minimum Gasteiger partial charge on any atom is -0.457 e. The van der Waals surface area contributed by atoms with Gasteiger partial charge in [-0.05, 0) is 31.2 Å². The van der Waals surface area contributed by atoms with E-state index in [1.165, 1.54) is 18.2 Å². The Hall–Kier alpha value is -1.63. The third kappa shape index (κ3) is 3.72. The fourth-order valence-corrected chi connectivity index (χ4v) is 2.41. The predicted molar refractivity (Wildman–Crippen MR) is 84.9 cm³/mol. The first-order valence-corrected chi connectivity index (χ1v) is 7.22. The summed E-state index contributed by atoms with van der Waals surface area (Å²) >= 11 is 9.24. The van der Waals surface area contributed by atoms with Crippen molar-refractivity contribution in [2.24, 2.45) is 5.73 Å². The molecule has 0 aliphatic rings. The van der Waals surface area contributed by atoms with Gasteiger partial charge in [0.1, 0.15) is 16.5 Å². The number of rotatable bonds is 4. The largest absolute Gasteiger partial charge is 0.457 e. The fraction of sp³-hybridized carbons (Fsp3) is 0.143. The highest BCUT2D eigenvalue weighted by atomic mass is 79.9. The lowest BCUT2D eigenvalue weighted by atomic mass is 10.1. The lowest BCUT2D eigenvalue weighted by Crippen LogP contribution is -2.06. The van der Waals surface area contributed by atoms with Crippen LogP contribution in [0.4, 0.5) is 5.69 Å². The molecule has 2 aromatic carbocycles. The van der Waals surface area contributed by atoms with E-state index in [0.29, 0.717) is 11.5 Å². The number of ether oxygens (including phenoxy) is 1. The van der Waals surface area contributed by atoms with E-state index in [9.17, 15) is 10.1 Å². The lowest BCUT2D eigenvalue weighted by Gasteiger charge is -2.14. The van der Waals surface area contributed by atoms with Gasteiger partial charge in [-0.15, -0.1) is 0 Å². The third-order valence-corrected chi connectivity index (χ3v) is 3.60. The Bertz CT molecular complexity index is 692. The second-order valence-electron chi connectivity index (χ2n) is 4.44. The summed E-state index contributed by atoms with van der Waals surface area (Å²) in [6.07, 6.45) is 0. The summed E-state index contributed by atoms with van der Waals surface area (Å²) in [7, 11) is 0. The molecule has 110 valence electrons.